The van der Waals surface area contributed by atoms with Crippen molar-refractivity contribution in [1.29, 1.82) is 0 Å². The molecule has 1 aliphatic carbocycles. The van der Waals surface area contributed by atoms with E-state index in [4.69, 9.17) is 13.7 Å². The number of aryl methyl sites for hydroxylation is 1. The maximum atomic E-state index is 13.4. The van der Waals surface area contributed by atoms with Gasteiger partial charge in [0.2, 0.25) is 0 Å². The Balaban J connectivity index is 1.93. The Morgan fingerprint density at radius 2 is 1.74 bits per heavy atom. The van der Waals surface area contributed by atoms with E-state index in [-0.39, 0.29) is 33.9 Å². The normalized spacial score (nSPS) is 18.1. The van der Waals surface area contributed by atoms with Crippen LogP contribution in [-0.4, -0.2) is 41.4 Å². The number of ether oxygens (including phenoxy) is 2. The van der Waals surface area contributed by atoms with Crippen LogP contribution in [0.1, 0.15) is 58.3 Å². The van der Waals surface area contributed by atoms with E-state index in [1.165, 1.54) is 38.3 Å². The van der Waals surface area contributed by atoms with Gasteiger partial charge < -0.3 is 17.8 Å². The largest absolute Gasteiger partial charge is 0.534 e. The van der Waals surface area contributed by atoms with Crippen LogP contribution in [0, 0.1) is 19.8 Å². The lowest BCUT2D eigenvalue weighted by Crippen LogP contribution is -2.29. The van der Waals surface area contributed by atoms with Gasteiger partial charge in [0, 0.05) is 16.7 Å². The van der Waals surface area contributed by atoms with E-state index in [1.807, 2.05) is 0 Å². The summed E-state index contributed by atoms with van der Waals surface area (Å²) in [5.41, 5.74) is -5.41. The number of cyclic esters (lactones) is 1. The maximum absolute atomic E-state index is 13.4. The van der Waals surface area contributed by atoms with E-state index >= 15 is 0 Å². The summed E-state index contributed by atoms with van der Waals surface area (Å²) < 4.78 is 111. The number of esters is 2. The SMILES string of the molecule is COC(=O)CC1CCCC1=CCc1c(OS(=O)(=O)C(F)(F)F)c(C)c2c(c1OS(=O)(=O)c1ccc(C)cc1)C(=O)OC2. The van der Waals surface area contributed by atoms with Gasteiger partial charge in [-0.05, 0) is 57.6 Å². The number of carbonyl (C=O) groups excluding carboxylic acids is 2. The third-order valence-electron chi connectivity index (χ3n) is 7.15. The van der Waals surface area contributed by atoms with Crippen LogP contribution in [0.25, 0.3) is 0 Å². The van der Waals surface area contributed by atoms with Crippen LogP contribution in [0.4, 0.5) is 13.2 Å². The molecule has 1 atom stereocenters. The van der Waals surface area contributed by atoms with E-state index in [9.17, 15) is 39.6 Å². The smallest absolute Gasteiger partial charge is 0.469 e. The molecule has 2 aromatic carbocycles. The van der Waals surface area contributed by atoms with Crippen molar-refractivity contribution >= 4 is 32.2 Å². The molecule has 1 heterocycles. The highest BCUT2D eigenvalue weighted by atomic mass is 32.2. The summed E-state index contributed by atoms with van der Waals surface area (Å²) in [7, 11) is -9.68. The number of methoxy groups -OCH3 is 1. The zero-order valence-electron chi connectivity index (χ0n) is 22.7. The zero-order valence-corrected chi connectivity index (χ0v) is 24.4. The lowest BCUT2D eigenvalue weighted by molar-refractivity contribution is -0.141. The average molecular weight is 633 g/mol. The number of carbonyl (C=O) groups is 2. The van der Waals surface area contributed by atoms with Gasteiger partial charge in [0.05, 0.1) is 13.5 Å². The molecule has 2 aliphatic rings. The molecule has 1 fully saturated rings. The molecule has 0 aromatic heterocycles. The molecule has 1 saturated carbocycles. The van der Waals surface area contributed by atoms with Crippen molar-refractivity contribution in [3.8, 4) is 11.5 Å². The molecule has 15 heteroatoms. The highest BCUT2D eigenvalue weighted by Crippen LogP contribution is 2.46. The Hall–Kier alpha value is -3.59. The van der Waals surface area contributed by atoms with Crippen LogP contribution in [0.5, 0.6) is 11.5 Å². The molecule has 42 heavy (non-hydrogen) atoms. The molecule has 0 N–H and O–H groups in total. The first-order valence-corrected chi connectivity index (χ1v) is 15.5. The predicted octanol–water partition coefficient (Wildman–Crippen LogP) is 4.80. The molecule has 0 radical (unpaired) electrons. The monoisotopic (exact) mass is 632 g/mol. The van der Waals surface area contributed by atoms with E-state index in [1.54, 1.807) is 13.0 Å². The van der Waals surface area contributed by atoms with E-state index in [0.29, 0.717) is 19.3 Å². The Morgan fingerprint density at radius 1 is 1.07 bits per heavy atom. The van der Waals surface area contributed by atoms with Crippen LogP contribution in [0.15, 0.2) is 40.8 Å². The number of fused-ring (bicyclic) bond motifs is 1. The molecule has 4 rings (SSSR count). The van der Waals surface area contributed by atoms with Crippen LogP contribution in [-0.2, 0) is 47.5 Å². The number of benzene rings is 2. The minimum Gasteiger partial charge on any atom is -0.469 e. The van der Waals surface area contributed by atoms with E-state index < -0.39 is 67.8 Å². The number of hydrogen-bond acceptors (Lipinski definition) is 10. The molecule has 228 valence electrons. The second kappa shape index (κ2) is 11.6. The highest BCUT2D eigenvalue weighted by Gasteiger charge is 2.50. The third-order valence-corrected chi connectivity index (χ3v) is 9.34. The van der Waals surface area contributed by atoms with Gasteiger partial charge >= 0.3 is 37.7 Å². The van der Waals surface area contributed by atoms with Gasteiger partial charge in [-0.2, -0.15) is 30.0 Å². The molecular weight excluding hydrogens is 605 g/mol. The average Bonchev–Trinajstić information content (AvgIpc) is 3.51. The van der Waals surface area contributed by atoms with Crippen molar-refractivity contribution < 1.29 is 57.4 Å². The second-order valence-corrected chi connectivity index (χ2v) is 13.0. The fourth-order valence-electron chi connectivity index (χ4n) is 4.92. The number of allylic oxidation sites excluding steroid dienone is 2. The topological polar surface area (TPSA) is 139 Å². The molecule has 10 nitrogen and oxygen atoms in total. The number of hydrogen-bond donors (Lipinski definition) is 0. The van der Waals surface area contributed by atoms with Gasteiger partial charge in [-0.3, -0.25) is 4.79 Å². The van der Waals surface area contributed by atoms with Crippen molar-refractivity contribution in [3.05, 3.63) is 63.7 Å². The standard InChI is InChI=1S/C27H27F3O10S2/c1-15-7-10-19(11-8-15)41(33,34)39-25-20(12-9-17-5-4-6-18(17)13-22(31)37-3)24(40-42(35,36)27(28,29)30)16(2)21-14-38-26(32)23(21)25/h7-11,18H,4-6,12-14H2,1-3H3. The maximum Gasteiger partial charge on any atom is 0.534 e. The molecule has 0 bridgehead atoms. The Kier molecular flexibility index (Phi) is 8.65. The van der Waals surface area contributed by atoms with Crippen LogP contribution < -0.4 is 8.37 Å². The quantitative estimate of drug-likeness (QED) is 0.164. The van der Waals surface area contributed by atoms with Crippen molar-refractivity contribution in [3.63, 3.8) is 0 Å². The van der Waals surface area contributed by atoms with Gasteiger partial charge in [-0.15, -0.1) is 0 Å². The van der Waals surface area contributed by atoms with Crippen LogP contribution in [0.2, 0.25) is 0 Å². The summed E-state index contributed by atoms with van der Waals surface area (Å²) in [5, 5.41) is 0. The molecule has 0 saturated heterocycles. The first-order valence-electron chi connectivity index (χ1n) is 12.7. The minimum atomic E-state index is -6.22. The van der Waals surface area contributed by atoms with E-state index in [0.717, 1.165) is 11.1 Å². The predicted molar refractivity (Wildman–Crippen MR) is 141 cm³/mol. The lowest BCUT2D eigenvalue weighted by atomic mass is 9.93. The highest BCUT2D eigenvalue weighted by molar-refractivity contribution is 7.88. The molecule has 0 spiro atoms. The third kappa shape index (κ3) is 6.26. The molecule has 0 amide bonds. The van der Waals surface area contributed by atoms with Crippen LogP contribution in [0.3, 0.4) is 0 Å². The Morgan fingerprint density at radius 3 is 2.36 bits per heavy atom. The number of halogens is 3. The van der Waals surface area contributed by atoms with Gasteiger partial charge in [-0.25, -0.2) is 4.79 Å². The van der Waals surface area contributed by atoms with E-state index in [2.05, 4.69) is 4.18 Å². The lowest BCUT2D eigenvalue weighted by Gasteiger charge is -2.21. The van der Waals surface area contributed by atoms with Gasteiger partial charge in [-0.1, -0.05) is 29.3 Å². The summed E-state index contributed by atoms with van der Waals surface area (Å²) >= 11 is 0. The van der Waals surface area contributed by atoms with Gasteiger partial charge in [0.1, 0.15) is 17.1 Å². The van der Waals surface area contributed by atoms with Crippen molar-refractivity contribution in [2.24, 2.45) is 5.92 Å². The van der Waals surface area contributed by atoms with Crippen LogP contribution >= 0.6 is 0 Å². The Labute approximate surface area is 240 Å². The summed E-state index contributed by atoms with van der Waals surface area (Å²) in [4.78, 5) is 24.3. The zero-order chi connectivity index (χ0) is 31.0. The first kappa shape index (κ1) is 31.3. The Bertz CT molecular complexity index is 1660. The second-order valence-electron chi connectivity index (χ2n) is 9.88. The van der Waals surface area contributed by atoms with Gasteiger partial charge in [0.15, 0.2) is 11.5 Å². The van der Waals surface area contributed by atoms with Gasteiger partial charge in [0.25, 0.3) is 0 Å². The molecular formula is C27H27F3O10S2. The summed E-state index contributed by atoms with van der Waals surface area (Å²) in [6, 6.07) is 5.45. The fraction of sp³-hybridized carbons (Fsp3) is 0.407. The van der Waals surface area contributed by atoms with Crippen molar-refractivity contribution in [1.82, 2.24) is 0 Å². The molecule has 1 unspecified atom stereocenters. The first-order chi connectivity index (χ1) is 19.6. The summed E-state index contributed by atoms with van der Waals surface area (Å²) in [5.74, 6) is -3.28. The molecule has 1 aliphatic heterocycles. The van der Waals surface area contributed by atoms with Crippen molar-refractivity contribution in [2.45, 2.75) is 63.0 Å². The van der Waals surface area contributed by atoms with Crippen molar-refractivity contribution in [2.75, 3.05) is 7.11 Å². The minimum absolute atomic E-state index is 0.0366. The number of alkyl halides is 3. The number of rotatable bonds is 9. The summed E-state index contributed by atoms with van der Waals surface area (Å²) in [6.07, 6.45) is 3.02. The fourth-order valence-corrected chi connectivity index (χ4v) is 6.43. The summed E-state index contributed by atoms with van der Waals surface area (Å²) in [6.45, 7) is 2.46. The molecule has 2 aromatic rings.